The standard InChI is InChI=1S/C21H26N2O4/c1-13-6-9-16-15(12-13)21(10-5-11-22(21)17(24)14-7-8-14)18(25)23(16)19(26)27-20(2,3)4/h6,9,12,14H,5,7-8,10-11H2,1-4H3. The number of carbonyl (C=O) groups is 3. The van der Waals surface area contributed by atoms with Crippen molar-refractivity contribution in [3.8, 4) is 0 Å². The van der Waals surface area contributed by atoms with Crippen molar-refractivity contribution in [2.45, 2.75) is 64.5 Å². The van der Waals surface area contributed by atoms with Gasteiger partial charge in [-0.1, -0.05) is 17.7 Å². The summed E-state index contributed by atoms with van der Waals surface area (Å²) in [6, 6.07) is 5.61. The molecular formula is C21H26N2O4. The van der Waals surface area contributed by atoms with E-state index in [1.165, 1.54) is 0 Å². The lowest BCUT2D eigenvalue weighted by atomic mass is 9.87. The van der Waals surface area contributed by atoms with Gasteiger partial charge in [-0.05, 0) is 59.4 Å². The third kappa shape index (κ3) is 2.73. The van der Waals surface area contributed by atoms with Crippen LogP contribution >= 0.6 is 0 Å². The summed E-state index contributed by atoms with van der Waals surface area (Å²) in [5.74, 6) is -0.292. The Morgan fingerprint density at radius 1 is 1.22 bits per heavy atom. The molecule has 4 rings (SSSR count). The van der Waals surface area contributed by atoms with E-state index in [2.05, 4.69) is 0 Å². The number of nitrogens with zero attached hydrogens (tertiary/aromatic N) is 2. The quantitative estimate of drug-likeness (QED) is 0.759. The highest BCUT2D eigenvalue weighted by atomic mass is 16.6. The number of hydrogen-bond donors (Lipinski definition) is 0. The molecule has 27 heavy (non-hydrogen) atoms. The number of rotatable bonds is 1. The second-order valence-electron chi connectivity index (χ2n) is 8.87. The van der Waals surface area contributed by atoms with E-state index in [0.29, 0.717) is 18.7 Å². The van der Waals surface area contributed by atoms with E-state index < -0.39 is 17.2 Å². The number of carbonyl (C=O) groups excluding carboxylic acids is 3. The van der Waals surface area contributed by atoms with Gasteiger partial charge in [0.15, 0.2) is 0 Å². The van der Waals surface area contributed by atoms with Crippen LogP contribution in [-0.2, 0) is 19.9 Å². The zero-order valence-electron chi connectivity index (χ0n) is 16.4. The van der Waals surface area contributed by atoms with Crippen LogP contribution in [0.5, 0.6) is 0 Å². The number of hydrogen-bond acceptors (Lipinski definition) is 4. The van der Waals surface area contributed by atoms with Crippen molar-refractivity contribution >= 4 is 23.6 Å². The Labute approximate surface area is 159 Å². The number of benzene rings is 1. The van der Waals surface area contributed by atoms with Gasteiger partial charge in [0, 0.05) is 18.0 Å². The average molecular weight is 370 g/mol. The molecule has 3 aliphatic rings. The van der Waals surface area contributed by atoms with E-state index >= 15 is 0 Å². The van der Waals surface area contributed by atoms with E-state index in [-0.39, 0.29) is 17.7 Å². The van der Waals surface area contributed by atoms with Crippen LogP contribution in [0, 0.1) is 12.8 Å². The van der Waals surface area contributed by atoms with Crippen LogP contribution in [-0.4, -0.2) is 35.0 Å². The van der Waals surface area contributed by atoms with Crippen LogP contribution in [0.3, 0.4) is 0 Å². The number of likely N-dealkylation sites (tertiary alicyclic amines) is 1. The molecule has 6 nitrogen and oxygen atoms in total. The Morgan fingerprint density at radius 2 is 1.93 bits per heavy atom. The summed E-state index contributed by atoms with van der Waals surface area (Å²) >= 11 is 0. The summed E-state index contributed by atoms with van der Waals surface area (Å²) in [5.41, 5.74) is 0.507. The maximum absolute atomic E-state index is 13.6. The molecule has 1 aliphatic carbocycles. The lowest BCUT2D eigenvalue weighted by Crippen LogP contribution is -2.53. The molecule has 1 saturated carbocycles. The van der Waals surface area contributed by atoms with Gasteiger partial charge in [0.25, 0.3) is 5.91 Å². The SMILES string of the molecule is Cc1ccc2c(c1)C1(CCCN1C(=O)C1CC1)C(=O)N2C(=O)OC(C)(C)C. The van der Waals surface area contributed by atoms with Crippen LogP contribution in [0.15, 0.2) is 18.2 Å². The van der Waals surface area contributed by atoms with E-state index in [4.69, 9.17) is 4.74 Å². The lowest BCUT2D eigenvalue weighted by Gasteiger charge is -2.34. The first-order valence-corrected chi connectivity index (χ1v) is 9.65. The Kier molecular flexibility index (Phi) is 3.88. The number of fused-ring (bicyclic) bond motifs is 2. The van der Waals surface area contributed by atoms with Gasteiger partial charge in [-0.2, -0.15) is 0 Å². The molecule has 0 radical (unpaired) electrons. The molecule has 1 aromatic carbocycles. The smallest absolute Gasteiger partial charge is 0.421 e. The van der Waals surface area contributed by atoms with E-state index in [1.54, 1.807) is 31.7 Å². The van der Waals surface area contributed by atoms with E-state index in [0.717, 1.165) is 35.3 Å². The van der Waals surface area contributed by atoms with Gasteiger partial charge in [0.05, 0.1) is 5.69 Å². The molecule has 144 valence electrons. The molecule has 3 amide bonds. The second kappa shape index (κ2) is 5.81. The molecule has 2 aliphatic heterocycles. The van der Waals surface area contributed by atoms with Gasteiger partial charge in [0.2, 0.25) is 5.91 Å². The van der Waals surface area contributed by atoms with Gasteiger partial charge in [-0.3, -0.25) is 9.59 Å². The highest BCUT2D eigenvalue weighted by Crippen LogP contribution is 2.52. The first-order chi connectivity index (χ1) is 12.6. The molecule has 2 heterocycles. The zero-order valence-corrected chi connectivity index (χ0v) is 16.4. The normalized spacial score (nSPS) is 24.5. The van der Waals surface area contributed by atoms with Crippen molar-refractivity contribution in [2.75, 3.05) is 11.4 Å². The number of aryl methyl sites for hydroxylation is 1. The van der Waals surface area contributed by atoms with Crippen molar-refractivity contribution in [3.63, 3.8) is 0 Å². The second-order valence-corrected chi connectivity index (χ2v) is 8.87. The Hall–Kier alpha value is -2.37. The maximum Gasteiger partial charge on any atom is 0.421 e. The molecule has 0 aromatic heterocycles. The molecule has 0 bridgehead atoms. The summed E-state index contributed by atoms with van der Waals surface area (Å²) in [7, 11) is 0. The zero-order chi connectivity index (χ0) is 19.6. The van der Waals surface area contributed by atoms with Gasteiger partial charge in [-0.25, -0.2) is 9.69 Å². The highest BCUT2D eigenvalue weighted by molar-refractivity contribution is 6.22. The molecular weight excluding hydrogens is 344 g/mol. The highest BCUT2D eigenvalue weighted by Gasteiger charge is 2.61. The van der Waals surface area contributed by atoms with Crippen molar-refractivity contribution in [1.29, 1.82) is 0 Å². The van der Waals surface area contributed by atoms with Crippen LogP contribution < -0.4 is 4.90 Å². The first kappa shape index (κ1) is 18.0. The van der Waals surface area contributed by atoms with Gasteiger partial charge in [-0.15, -0.1) is 0 Å². The fourth-order valence-corrected chi connectivity index (χ4v) is 4.24. The number of amides is 3. The van der Waals surface area contributed by atoms with Crippen molar-refractivity contribution in [3.05, 3.63) is 29.3 Å². The van der Waals surface area contributed by atoms with Gasteiger partial charge in [0.1, 0.15) is 11.1 Å². The minimum atomic E-state index is -1.07. The van der Waals surface area contributed by atoms with Crippen LogP contribution in [0.1, 0.15) is 57.6 Å². The Balaban J connectivity index is 1.82. The summed E-state index contributed by atoms with van der Waals surface area (Å²) in [6.07, 6.45) is 2.38. The van der Waals surface area contributed by atoms with Crippen molar-refractivity contribution < 1.29 is 19.1 Å². The molecule has 1 spiro atoms. The first-order valence-electron chi connectivity index (χ1n) is 9.65. The Morgan fingerprint density at radius 3 is 2.56 bits per heavy atom. The minimum Gasteiger partial charge on any atom is -0.443 e. The molecule has 1 unspecified atom stereocenters. The van der Waals surface area contributed by atoms with E-state index in [9.17, 15) is 14.4 Å². The summed E-state index contributed by atoms with van der Waals surface area (Å²) in [4.78, 5) is 42.3. The predicted octanol–water partition coefficient (Wildman–Crippen LogP) is 3.50. The summed E-state index contributed by atoms with van der Waals surface area (Å²) in [5, 5.41) is 0. The number of imide groups is 1. The fourth-order valence-electron chi connectivity index (χ4n) is 4.24. The third-order valence-corrected chi connectivity index (χ3v) is 5.55. The average Bonchev–Trinajstić information content (AvgIpc) is 3.27. The van der Waals surface area contributed by atoms with Crippen molar-refractivity contribution in [2.24, 2.45) is 5.92 Å². The summed E-state index contributed by atoms with van der Waals surface area (Å²) in [6.45, 7) is 7.83. The maximum atomic E-state index is 13.6. The van der Waals surface area contributed by atoms with Crippen LogP contribution in [0.4, 0.5) is 10.5 Å². The number of anilines is 1. The minimum absolute atomic E-state index is 0.0246. The topological polar surface area (TPSA) is 66.9 Å². The fraction of sp³-hybridized carbons (Fsp3) is 0.571. The lowest BCUT2D eigenvalue weighted by molar-refractivity contribution is -0.144. The molecule has 1 saturated heterocycles. The molecule has 2 fully saturated rings. The molecule has 1 atom stereocenters. The monoisotopic (exact) mass is 370 g/mol. The van der Waals surface area contributed by atoms with Gasteiger partial charge < -0.3 is 9.64 Å². The summed E-state index contributed by atoms with van der Waals surface area (Å²) < 4.78 is 5.50. The van der Waals surface area contributed by atoms with E-state index in [1.807, 2.05) is 19.1 Å². The Bertz CT molecular complexity index is 837. The van der Waals surface area contributed by atoms with Gasteiger partial charge >= 0.3 is 6.09 Å². The third-order valence-electron chi connectivity index (χ3n) is 5.55. The molecule has 0 N–H and O–H groups in total. The molecule has 1 aromatic rings. The number of ether oxygens (including phenoxy) is 1. The largest absolute Gasteiger partial charge is 0.443 e. The van der Waals surface area contributed by atoms with Crippen LogP contribution in [0.25, 0.3) is 0 Å². The van der Waals surface area contributed by atoms with Crippen molar-refractivity contribution in [1.82, 2.24) is 4.90 Å². The predicted molar refractivity (Wildman–Crippen MR) is 100 cm³/mol. The molecule has 6 heteroatoms. The van der Waals surface area contributed by atoms with Crippen LogP contribution in [0.2, 0.25) is 0 Å².